The van der Waals surface area contributed by atoms with Gasteiger partial charge in [-0.25, -0.2) is 4.79 Å². The zero-order chi connectivity index (χ0) is 24.1. The van der Waals surface area contributed by atoms with Gasteiger partial charge >= 0.3 is 5.97 Å². The highest BCUT2D eigenvalue weighted by Gasteiger charge is 2.12. The van der Waals surface area contributed by atoms with Crippen LogP contribution in [0.1, 0.15) is 37.7 Å². The first kappa shape index (κ1) is 23.2. The molecule has 0 fully saturated rings. The number of carboxylic acids is 1. The van der Waals surface area contributed by atoms with Gasteiger partial charge in [-0.2, -0.15) is 0 Å². The molecular formula is C27H23N3O3S. The normalized spacial score (nSPS) is 10.6. The zero-order valence-electron chi connectivity index (χ0n) is 18.8. The molecule has 0 bridgehead atoms. The minimum absolute atomic E-state index is 0.143. The maximum atomic E-state index is 12.8. The number of pyridine rings is 2. The molecule has 2 aromatic heterocycles. The number of benzene rings is 2. The van der Waals surface area contributed by atoms with E-state index in [4.69, 9.17) is 0 Å². The molecule has 0 aliphatic rings. The van der Waals surface area contributed by atoms with Crippen LogP contribution >= 0.6 is 11.8 Å². The van der Waals surface area contributed by atoms with Crippen LogP contribution in [0, 0.1) is 13.8 Å². The molecule has 0 saturated heterocycles. The summed E-state index contributed by atoms with van der Waals surface area (Å²) in [6.07, 6.45) is 3.49. The van der Waals surface area contributed by atoms with E-state index in [2.05, 4.69) is 21.4 Å². The van der Waals surface area contributed by atoms with E-state index in [0.717, 1.165) is 27.5 Å². The molecule has 34 heavy (non-hydrogen) atoms. The average Bonchev–Trinajstić information content (AvgIpc) is 2.85. The van der Waals surface area contributed by atoms with Crippen LogP contribution in [0.2, 0.25) is 0 Å². The van der Waals surface area contributed by atoms with E-state index in [1.807, 2.05) is 49.5 Å². The summed E-state index contributed by atoms with van der Waals surface area (Å²) in [4.78, 5) is 33.8. The van der Waals surface area contributed by atoms with Crippen molar-refractivity contribution in [1.82, 2.24) is 9.97 Å². The predicted molar refractivity (Wildman–Crippen MR) is 134 cm³/mol. The van der Waals surface area contributed by atoms with E-state index in [0.29, 0.717) is 22.5 Å². The van der Waals surface area contributed by atoms with Gasteiger partial charge in [-0.3, -0.25) is 14.8 Å². The Morgan fingerprint density at radius 3 is 2.41 bits per heavy atom. The molecule has 0 aliphatic carbocycles. The molecule has 0 radical (unpaired) electrons. The quantitative estimate of drug-likeness (QED) is 0.322. The van der Waals surface area contributed by atoms with Crippen molar-refractivity contribution in [2.45, 2.75) is 24.5 Å². The molecule has 2 N–H and O–H groups in total. The van der Waals surface area contributed by atoms with Crippen molar-refractivity contribution in [3.63, 3.8) is 0 Å². The Morgan fingerprint density at radius 1 is 0.912 bits per heavy atom. The number of aromatic nitrogens is 2. The lowest BCUT2D eigenvalue weighted by atomic mass is 10.0. The number of amides is 1. The molecule has 0 saturated carbocycles. The van der Waals surface area contributed by atoms with Crippen LogP contribution in [0.5, 0.6) is 0 Å². The smallest absolute Gasteiger partial charge is 0.337 e. The molecular weight excluding hydrogens is 446 g/mol. The molecule has 2 heterocycles. The van der Waals surface area contributed by atoms with Gasteiger partial charge in [0.15, 0.2) is 0 Å². The third-order valence-corrected chi connectivity index (χ3v) is 6.33. The summed E-state index contributed by atoms with van der Waals surface area (Å²) in [6.45, 7) is 3.62. The predicted octanol–water partition coefficient (Wildman–Crippen LogP) is 6.00. The molecule has 2 aromatic carbocycles. The minimum atomic E-state index is -1.03. The molecule has 1 amide bonds. The lowest BCUT2D eigenvalue weighted by Crippen LogP contribution is -2.11. The van der Waals surface area contributed by atoms with Crippen molar-refractivity contribution in [1.29, 1.82) is 0 Å². The van der Waals surface area contributed by atoms with E-state index in [1.54, 1.807) is 49.1 Å². The number of nitrogens with one attached hydrogen (secondary N) is 1. The van der Waals surface area contributed by atoms with Gasteiger partial charge in [0.05, 0.1) is 11.3 Å². The summed E-state index contributed by atoms with van der Waals surface area (Å²) in [6, 6.07) is 20.4. The van der Waals surface area contributed by atoms with Gasteiger partial charge in [0.2, 0.25) is 0 Å². The molecule has 4 aromatic rings. The SMILES string of the molecule is Cc1ccc(SCc2ccc(NC(=O)c3cccc(-c4cnc(C)c(C(=O)O)c4)c3)cc2)cn1. The van der Waals surface area contributed by atoms with Crippen LogP contribution in [-0.2, 0) is 5.75 Å². The second-order valence-corrected chi connectivity index (χ2v) is 8.87. The van der Waals surface area contributed by atoms with Gasteiger partial charge in [-0.05, 0) is 67.4 Å². The Balaban J connectivity index is 1.42. The molecule has 4 rings (SSSR count). The van der Waals surface area contributed by atoms with E-state index in [9.17, 15) is 14.7 Å². The second-order valence-electron chi connectivity index (χ2n) is 7.82. The Hall–Kier alpha value is -3.97. The van der Waals surface area contributed by atoms with E-state index >= 15 is 0 Å². The molecule has 7 heteroatoms. The molecule has 0 aliphatic heterocycles. The third kappa shape index (κ3) is 5.68. The Morgan fingerprint density at radius 2 is 1.71 bits per heavy atom. The van der Waals surface area contributed by atoms with Crippen LogP contribution in [0.4, 0.5) is 5.69 Å². The summed E-state index contributed by atoms with van der Waals surface area (Å²) >= 11 is 1.71. The van der Waals surface area contributed by atoms with E-state index in [-0.39, 0.29) is 11.5 Å². The Bertz CT molecular complexity index is 1340. The number of aromatic carboxylic acids is 1. The number of rotatable bonds is 7. The molecule has 0 unspecified atom stereocenters. The first-order chi connectivity index (χ1) is 16.4. The molecule has 170 valence electrons. The van der Waals surface area contributed by atoms with Crippen LogP contribution in [0.3, 0.4) is 0 Å². The Labute approximate surface area is 202 Å². The number of hydrogen-bond donors (Lipinski definition) is 2. The van der Waals surface area contributed by atoms with Gasteiger partial charge < -0.3 is 10.4 Å². The van der Waals surface area contributed by atoms with Crippen molar-refractivity contribution in [2.24, 2.45) is 0 Å². The van der Waals surface area contributed by atoms with Crippen molar-refractivity contribution < 1.29 is 14.7 Å². The highest BCUT2D eigenvalue weighted by atomic mass is 32.2. The Kier molecular flexibility index (Phi) is 7.04. The summed E-state index contributed by atoms with van der Waals surface area (Å²) in [5, 5.41) is 12.3. The number of carbonyl (C=O) groups excluding carboxylic acids is 1. The van der Waals surface area contributed by atoms with E-state index < -0.39 is 5.97 Å². The number of carbonyl (C=O) groups is 2. The maximum absolute atomic E-state index is 12.8. The lowest BCUT2D eigenvalue weighted by molar-refractivity contribution is 0.0695. The second kappa shape index (κ2) is 10.3. The fourth-order valence-electron chi connectivity index (χ4n) is 3.34. The highest BCUT2D eigenvalue weighted by Crippen LogP contribution is 2.24. The molecule has 0 atom stereocenters. The number of hydrogen-bond acceptors (Lipinski definition) is 5. The number of thioether (sulfide) groups is 1. The monoisotopic (exact) mass is 469 g/mol. The molecule has 6 nitrogen and oxygen atoms in total. The zero-order valence-corrected chi connectivity index (χ0v) is 19.6. The van der Waals surface area contributed by atoms with Crippen molar-refractivity contribution in [3.05, 3.63) is 107 Å². The largest absolute Gasteiger partial charge is 0.478 e. The van der Waals surface area contributed by atoms with Crippen LogP contribution in [-0.4, -0.2) is 27.0 Å². The standard InChI is InChI=1S/C27H23N3O3S/c1-17-6-11-24(15-28-17)34-16-19-7-9-23(10-8-19)30-26(31)21-5-3-4-20(12-21)22-13-25(27(32)33)18(2)29-14-22/h3-15H,16H2,1-2H3,(H,30,31)(H,32,33). The topological polar surface area (TPSA) is 92.2 Å². The van der Waals surface area contributed by atoms with Gasteiger partial charge in [0.1, 0.15) is 0 Å². The fraction of sp³-hybridized carbons (Fsp3) is 0.111. The lowest BCUT2D eigenvalue weighted by Gasteiger charge is -2.09. The molecule has 0 spiro atoms. The van der Waals surface area contributed by atoms with Crippen molar-refractivity contribution >= 4 is 29.3 Å². The van der Waals surface area contributed by atoms with Crippen LogP contribution in [0.25, 0.3) is 11.1 Å². The van der Waals surface area contributed by atoms with Gasteiger partial charge in [0, 0.05) is 45.6 Å². The fourth-order valence-corrected chi connectivity index (χ4v) is 4.16. The van der Waals surface area contributed by atoms with Gasteiger partial charge in [-0.15, -0.1) is 11.8 Å². The number of carboxylic acid groups (broad SMARTS) is 1. The summed E-state index contributed by atoms with van der Waals surface area (Å²) in [5.74, 6) is -0.462. The average molecular weight is 470 g/mol. The van der Waals surface area contributed by atoms with Crippen molar-refractivity contribution in [3.8, 4) is 11.1 Å². The highest BCUT2D eigenvalue weighted by molar-refractivity contribution is 7.98. The summed E-state index contributed by atoms with van der Waals surface area (Å²) in [7, 11) is 0. The number of anilines is 1. The maximum Gasteiger partial charge on any atom is 0.337 e. The van der Waals surface area contributed by atoms with Crippen LogP contribution in [0.15, 0.2) is 84.0 Å². The minimum Gasteiger partial charge on any atom is -0.478 e. The summed E-state index contributed by atoms with van der Waals surface area (Å²) in [5.41, 5.74) is 5.27. The van der Waals surface area contributed by atoms with Gasteiger partial charge in [-0.1, -0.05) is 24.3 Å². The third-order valence-electron chi connectivity index (χ3n) is 5.28. The first-order valence-electron chi connectivity index (χ1n) is 10.6. The first-order valence-corrected chi connectivity index (χ1v) is 11.6. The number of nitrogens with zero attached hydrogens (tertiary/aromatic N) is 2. The van der Waals surface area contributed by atoms with Gasteiger partial charge in [0.25, 0.3) is 5.91 Å². The van der Waals surface area contributed by atoms with E-state index in [1.165, 1.54) is 0 Å². The number of aryl methyl sites for hydroxylation is 2. The van der Waals surface area contributed by atoms with Crippen molar-refractivity contribution in [2.75, 3.05) is 5.32 Å². The van der Waals surface area contributed by atoms with Crippen LogP contribution < -0.4 is 5.32 Å². The summed E-state index contributed by atoms with van der Waals surface area (Å²) < 4.78 is 0.